The second-order valence-corrected chi connectivity index (χ2v) is 8.82. The maximum atomic E-state index is 13.0. The molecule has 0 radical (unpaired) electrons. The zero-order valence-electron chi connectivity index (χ0n) is 20.9. The molecule has 190 valence electrons. The average Bonchev–Trinajstić information content (AvgIpc) is 3.32. The molecule has 4 aromatic rings. The number of methoxy groups -OCH3 is 2. The lowest BCUT2D eigenvalue weighted by Crippen LogP contribution is -2.46. The van der Waals surface area contributed by atoms with Gasteiger partial charge in [-0.1, -0.05) is 12.1 Å². The highest BCUT2D eigenvalue weighted by Gasteiger charge is 2.18. The van der Waals surface area contributed by atoms with Gasteiger partial charge in [-0.2, -0.15) is 5.10 Å². The molecule has 1 aliphatic rings. The standard InChI is InChI=1S/C28H29N5O4/c1-36-26-13-11-24(12-14-26)31-17-15-30(16-18-31)23-7-9-25(10-8-23)32-20-29-33(28(32)35)19-21-3-5-22(6-4-21)27(34)37-2/h3-14,20H,15-19H2,1-2H3. The van der Waals surface area contributed by atoms with E-state index in [9.17, 15) is 9.59 Å². The summed E-state index contributed by atoms with van der Waals surface area (Å²) in [6.07, 6.45) is 1.54. The molecule has 2 heterocycles. The van der Waals surface area contributed by atoms with Crippen LogP contribution < -0.4 is 20.2 Å². The Morgan fingerprint density at radius 1 is 0.784 bits per heavy atom. The van der Waals surface area contributed by atoms with Crippen LogP contribution in [0, 0.1) is 0 Å². The van der Waals surface area contributed by atoms with E-state index in [4.69, 9.17) is 9.47 Å². The fourth-order valence-electron chi connectivity index (χ4n) is 4.50. The van der Waals surface area contributed by atoms with E-state index in [2.05, 4.69) is 27.0 Å². The maximum Gasteiger partial charge on any atom is 0.350 e. The monoisotopic (exact) mass is 499 g/mol. The van der Waals surface area contributed by atoms with Crippen LogP contribution in [0.2, 0.25) is 0 Å². The molecule has 1 saturated heterocycles. The second kappa shape index (κ2) is 10.6. The van der Waals surface area contributed by atoms with Crippen molar-refractivity contribution in [3.63, 3.8) is 0 Å². The van der Waals surface area contributed by atoms with Gasteiger partial charge in [0.15, 0.2) is 0 Å². The van der Waals surface area contributed by atoms with Gasteiger partial charge in [-0.3, -0.25) is 0 Å². The molecule has 0 aliphatic carbocycles. The first kappa shape index (κ1) is 24.2. The van der Waals surface area contributed by atoms with Gasteiger partial charge < -0.3 is 19.3 Å². The minimum Gasteiger partial charge on any atom is -0.497 e. The van der Waals surface area contributed by atoms with Crippen LogP contribution in [-0.2, 0) is 11.3 Å². The topological polar surface area (TPSA) is 81.8 Å². The summed E-state index contributed by atoms with van der Waals surface area (Å²) in [5.41, 5.74) is 4.20. The first-order chi connectivity index (χ1) is 18.1. The molecule has 37 heavy (non-hydrogen) atoms. The summed E-state index contributed by atoms with van der Waals surface area (Å²) in [6, 6.07) is 23.1. The number of piperazine rings is 1. The second-order valence-electron chi connectivity index (χ2n) is 8.82. The van der Waals surface area contributed by atoms with Crippen molar-refractivity contribution in [1.82, 2.24) is 14.3 Å². The van der Waals surface area contributed by atoms with Crippen LogP contribution in [0.3, 0.4) is 0 Å². The third-order valence-corrected chi connectivity index (χ3v) is 6.65. The number of hydrogen-bond acceptors (Lipinski definition) is 7. The lowest BCUT2D eigenvalue weighted by molar-refractivity contribution is 0.0600. The number of anilines is 2. The minimum atomic E-state index is -0.393. The van der Waals surface area contributed by atoms with Gasteiger partial charge in [-0.05, 0) is 66.2 Å². The molecular formula is C28H29N5O4. The number of benzene rings is 3. The lowest BCUT2D eigenvalue weighted by Gasteiger charge is -2.37. The molecule has 9 heteroatoms. The number of carbonyl (C=O) groups is 1. The Balaban J connectivity index is 1.22. The van der Waals surface area contributed by atoms with Crippen molar-refractivity contribution in [2.24, 2.45) is 0 Å². The van der Waals surface area contributed by atoms with E-state index in [-0.39, 0.29) is 5.69 Å². The van der Waals surface area contributed by atoms with E-state index in [0.29, 0.717) is 12.1 Å². The predicted molar refractivity (Wildman–Crippen MR) is 142 cm³/mol. The Morgan fingerprint density at radius 3 is 1.86 bits per heavy atom. The van der Waals surface area contributed by atoms with Gasteiger partial charge in [0.25, 0.3) is 0 Å². The Hall–Kier alpha value is -4.53. The number of carbonyl (C=O) groups excluding carboxylic acids is 1. The van der Waals surface area contributed by atoms with Crippen molar-refractivity contribution in [2.75, 3.05) is 50.2 Å². The fourth-order valence-corrected chi connectivity index (χ4v) is 4.50. The molecule has 3 aromatic carbocycles. The molecule has 0 saturated carbocycles. The van der Waals surface area contributed by atoms with Crippen LogP contribution in [0.25, 0.3) is 5.69 Å². The summed E-state index contributed by atoms with van der Waals surface area (Å²) in [7, 11) is 3.02. The largest absolute Gasteiger partial charge is 0.497 e. The molecule has 0 amide bonds. The van der Waals surface area contributed by atoms with Crippen molar-refractivity contribution >= 4 is 17.3 Å². The Bertz CT molecular complexity index is 1400. The molecule has 1 aliphatic heterocycles. The minimum absolute atomic E-state index is 0.224. The summed E-state index contributed by atoms with van der Waals surface area (Å²) >= 11 is 0. The van der Waals surface area contributed by atoms with Crippen LogP contribution in [0.1, 0.15) is 15.9 Å². The van der Waals surface area contributed by atoms with Crippen molar-refractivity contribution in [1.29, 1.82) is 0 Å². The summed E-state index contributed by atoms with van der Waals surface area (Å²) in [4.78, 5) is 29.3. The van der Waals surface area contributed by atoms with Gasteiger partial charge in [-0.15, -0.1) is 0 Å². The smallest absolute Gasteiger partial charge is 0.350 e. The van der Waals surface area contributed by atoms with E-state index in [0.717, 1.165) is 48.9 Å². The quantitative estimate of drug-likeness (QED) is 0.361. The highest BCUT2D eigenvalue weighted by atomic mass is 16.5. The zero-order valence-corrected chi connectivity index (χ0v) is 20.9. The van der Waals surface area contributed by atoms with Gasteiger partial charge >= 0.3 is 11.7 Å². The fraction of sp³-hybridized carbons (Fsp3) is 0.250. The van der Waals surface area contributed by atoms with E-state index < -0.39 is 5.97 Å². The highest BCUT2D eigenvalue weighted by molar-refractivity contribution is 5.89. The van der Waals surface area contributed by atoms with Crippen LogP contribution in [0.15, 0.2) is 83.9 Å². The number of ether oxygens (including phenoxy) is 2. The maximum absolute atomic E-state index is 13.0. The van der Waals surface area contributed by atoms with Crippen molar-refractivity contribution < 1.29 is 14.3 Å². The van der Waals surface area contributed by atoms with E-state index in [1.807, 2.05) is 36.4 Å². The number of aromatic nitrogens is 3. The Kier molecular flexibility index (Phi) is 6.93. The Labute approximate surface area is 215 Å². The molecule has 1 aromatic heterocycles. The SMILES string of the molecule is COC(=O)c1ccc(Cn2ncn(-c3ccc(N4CCN(c5ccc(OC)cc5)CC4)cc3)c2=O)cc1. The lowest BCUT2D eigenvalue weighted by atomic mass is 10.1. The van der Waals surface area contributed by atoms with Crippen LogP contribution in [0.5, 0.6) is 5.75 Å². The van der Waals surface area contributed by atoms with Crippen LogP contribution in [0.4, 0.5) is 11.4 Å². The number of nitrogens with zero attached hydrogens (tertiary/aromatic N) is 5. The van der Waals surface area contributed by atoms with Gasteiger partial charge in [0, 0.05) is 37.6 Å². The highest BCUT2D eigenvalue weighted by Crippen LogP contribution is 2.23. The molecule has 0 atom stereocenters. The van der Waals surface area contributed by atoms with Crippen molar-refractivity contribution in [3.8, 4) is 11.4 Å². The number of rotatable bonds is 7. The van der Waals surface area contributed by atoms with Crippen molar-refractivity contribution in [2.45, 2.75) is 6.54 Å². The number of hydrogen-bond donors (Lipinski definition) is 0. The molecule has 9 nitrogen and oxygen atoms in total. The van der Waals surface area contributed by atoms with Gasteiger partial charge in [-0.25, -0.2) is 18.8 Å². The summed E-state index contributed by atoms with van der Waals surface area (Å²) in [5, 5.41) is 4.27. The molecule has 0 spiro atoms. The van der Waals surface area contributed by atoms with E-state index >= 15 is 0 Å². The zero-order chi connectivity index (χ0) is 25.8. The van der Waals surface area contributed by atoms with Gasteiger partial charge in [0.05, 0.1) is 32.0 Å². The third-order valence-electron chi connectivity index (χ3n) is 6.65. The first-order valence-electron chi connectivity index (χ1n) is 12.1. The molecule has 0 bridgehead atoms. The van der Waals surface area contributed by atoms with E-state index in [1.54, 1.807) is 31.4 Å². The summed E-state index contributed by atoms with van der Waals surface area (Å²) in [6.45, 7) is 4.00. The summed E-state index contributed by atoms with van der Waals surface area (Å²) < 4.78 is 12.9. The van der Waals surface area contributed by atoms with Crippen molar-refractivity contribution in [3.05, 3.63) is 101 Å². The molecular weight excluding hydrogens is 470 g/mol. The van der Waals surface area contributed by atoms with Gasteiger partial charge in [0.1, 0.15) is 12.1 Å². The Morgan fingerprint density at radius 2 is 1.32 bits per heavy atom. The first-order valence-corrected chi connectivity index (χ1v) is 12.1. The normalized spacial score (nSPS) is 13.5. The predicted octanol–water partition coefficient (Wildman–Crippen LogP) is 3.20. The van der Waals surface area contributed by atoms with Crippen LogP contribution >= 0.6 is 0 Å². The molecule has 0 N–H and O–H groups in total. The van der Waals surface area contributed by atoms with Gasteiger partial charge in [0.2, 0.25) is 0 Å². The average molecular weight is 500 g/mol. The van der Waals surface area contributed by atoms with E-state index in [1.165, 1.54) is 28.4 Å². The molecule has 0 unspecified atom stereocenters. The number of esters is 1. The van der Waals surface area contributed by atoms with Crippen LogP contribution in [-0.4, -0.2) is 60.7 Å². The summed E-state index contributed by atoms with van der Waals surface area (Å²) in [5.74, 6) is 0.469. The molecule has 5 rings (SSSR count). The molecule has 1 fully saturated rings. The third kappa shape index (κ3) is 5.20.